The highest BCUT2D eigenvalue weighted by molar-refractivity contribution is 5.79. The number of ether oxygens (including phenoxy) is 1. The maximum absolute atomic E-state index is 11.1. The third kappa shape index (κ3) is 2.39. The normalized spacial score (nSPS) is 11.9. The van der Waals surface area contributed by atoms with E-state index in [0.29, 0.717) is 5.69 Å². The lowest BCUT2D eigenvalue weighted by atomic mass is 10.2. The van der Waals surface area contributed by atoms with E-state index in [9.17, 15) is 9.90 Å². The summed E-state index contributed by atoms with van der Waals surface area (Å²) in [7, 11) is 1.32. The van der Waals surface area contributed by atoms with E-state index in [0.717, 1.165) is 0 Å². The Morgan fingerprint density at radius 1 is 1.50 bits per heavy atom. The van der Waals surface area contributed by atoms with Gasteiger partial charge in [-0.25, -0.2) is 4.79 Å². The molecule has 0 aliphatic heterocycles. The van der Waals surface area contributed by atoms with Crippen molar-refractivity contribution in [2.75, 3.05) is 12.4 Å². The molecule has 4 heteroatoms. The largest absolute Gasteiger partial charge is 0.506 e. The zero-order chi connectivity index (χ0) is 10.6. The number of hydrogen-bond acceptors (Lipinski definition) is 4. The number of rotatable bonds is 3. The zero-order valence-corrected chi connectivity index (χ0v) is 8.15. The molecule has 0 aromatic heterocycles. The maximum Gasteiger partial charge on any atom is 0.327 e. The minimum absolute atomic E-state index is 0.114. The molecule has 0 bridgehead atoms. The van der Waals surface area contributed by atoms with E-state index in [1.54, 1.807) is 31.2 Å². The molecule has 0 saturated heterocycles. The fourth-order valence-corrected chi connectivity index (χ4v) is 1.06. The number of aromatic hydroxyl groups is 1. The number of phenols is 1. The van der Waals surface area contributed by atoms with E-state index in [1.165, 1.54) is 7.11 Å². The molecule has 1 atom stereocenters. The summed E-state index contributed by atoms with van der Waals surface area (Å²) in [6, 6.07) is 6.24. The van der Waals surface area contributed by atoms with Gasteiger partial charge in [-0.3, -0.25) is 0 Å². The number of benzene rings is 1. The average Bonchev–Trinajstić information content (AvgIpc) is 2.20. The number of nitrogens with one attached hydrogen (secondary N) is 1. The monoisotopic (exact) mass is 195 g/mol. The van der Waals surface area contributed by atoms with Gasteiger partial charge in [0.25, 0.3) is 0 Å². The highest BCUT2D eigenvalue weighted by Gasteiger charge is 2.13. The van der Waals surface area contributed by atoms with Gasteiger partial charge in [0.05, 0.1) is 12.8 Å². The van der Waals surface area contributed by atoms with Crippen LogP contribution in [-0.2, 0) is 9.53 Å². The lowest BCUT2D eigenvalue weighted by molar-refractivity contribution is -0.141. The Morgan fingerprint density at radius 3 is 2.71 bits per heavy atom. The van der Waals surface area contributed by atoms with Crippen LogP contribution in [0.25, 0.3) is 0 Å². The SMILES string of the molecule is COC(=O)C(C)Nc1ccccc1O. The van der Waals surface area contributed by atoms with Crippen molar-refractivity contribution >= 4 is 11.7 Å². The van der Waals surface area contributed by atoms with Crippen LogP contribution in [0.2, 0.25) is 0 Å². The Morgan fingerprint density at radius 2 is 2.14 bits per heavy atom. The molecule has 0 amide bonds. The Kier molecular flexibility index (Phi) is 3.34. The Labute approximate surface area is 82.5 Å². The minimum Gasteiger partial charge on any atom is -0.506 e. The van der Waals surface area contributed by atoms with Crippen LogP contribution in [0.1, 0.15) is 6.92 Å². The number of para-hydroxylation sites is 2. The second-order valence-corrected chi connectivity index (χ2v) is 2.91. The first-order valence-corrected chi connectivity index (χ1v) is 4.27. The fraction of sp³-hybridized carbons (Fsp3) is 0.300. The van der Waals surface area contributed by atoms with Crippen molar-refractivity contribution in [1.82, 2.24) is 0 Å². The molecule has 0 saturated carbocycles. The third-order valence-corrected chi connectivity index (χ3v) is 1.83. The number of carbonyl (C=O) groups is 1. The fourth-order valence-electron chi connectivity index (χ4n) is 1.06. The molecule has 1 aromatic carbocycles. The topological polar surface area (TPSA) is 58.6 Å². The number of anilines is 1. The van der Waals surface area contributed by atoms with E-state index in [1.807, 2.05) is 0 Å². The predicted octanol–water partition coefficient (Wildman–Crippen LogP) is 1.37. The summed E-state index contributed by atoms with van der Waals surface area (Å²) in [5.74, 6) is -0.253. The molecule has 0 radical (unpaired) electrons. The lowest BCUT2D eigenvalue weighted by Gasteiger charge is -2.13. The van der Waals surface area contributed by atoms with Gasteiger partial charge in [0.15, 0.2) is 0 Å². The zero-order valence-electron chi connectivity index (χ0n) is 8.15. The van der Waals surface area contributed by atoms with Crippen LogP contribution in [0.5, 0.6) is 5.75 Å². The number of hydrogen-bond donors (Lipinski definition) is 2. The molecule has 2 N–H and O–H groups in total. The van der Waals surface area contributed by atoms with E-state index < -0.39 is 6.04 Å². The van der Waals surface area contributed by atoms with Crippen molar-refractivity contribution in [2.45, 2.75) is 13.0 Å². The first-order chi connectivity index (χ1) is 6.65. The van der Waals surface area contributed by atoms with Gasteiger partial charge >= 0.3 is 5.97 Å². The number of carbonyl (C=O) groups excluding carboxylic acids is 1. The average molecular weight is 195 g/mol. The molecule has 0 heterocycles. The molecular weight excluding hydrogens is 182 g/mol. The molecule has 14 heavy (non-hydrogen) atoms. The van der Waals surface area contributed by atoms with Crippen LogP contribution >= 0.6 is 0 Å². The predicted molar refractivity (Wildman–Crippen MR) is 53.2 cm³/mol. The van der Waals surface area contributed by atoms with Crippen molar-refractivity contribution in [2.24, 2.45) is 0 Å². The van der Waals surface area contributed by atoms with Crippen LogP contribution in [0.3, 0.4) is 0 Å². The van der Waals surface area contributed by atoms with E-state index >= 15 is 0 Å². The number of phenolic OH excluding ortho intramolecular Hbond substituents is 1. The van der Waals surface area contributed by atoms with Crippen molar-refractivity contribution in [3.8, 4) is 5.75 Å². The summed E-state index contributed by atoms with van der Waals surface area (Å²) in [6.45, 7) is 1.66. The first-order valence-electron chi connectivity index (χ1n) is 4.27. The number of methoxy groups -OCH3 is 1. The molecule has 1 rings (SSSR count). The van der Waals surface area contributed by atoms with Gasteiger partial charge in [0.1, 0.15) is 11.8 Å². The second-order valence-electron chi connectivity index (χ2n) is 2.91. The Bertz CT molecular complexity index is 325. The molecule has 0 aliphatic rings. The first kappa shape index (κ1) is 10.4. The highest BCUT2D eigenvalue weighted by Crippen LogP contribution is 2.22. The second kappa shape index (κ2) is 4.50. The minimum atomic E-state index is -0.478. The molecule has 4 nitrogen and oxygen atoms in total. The molecule has 76 valence electrons. The van der Waals surface area contributed by atoms with E-state index in [-0.39, 0.29) is 11.7 Å². The summed E-state index contributed by atoms with van der Waals surface area (Å²) < 4.78 is 4.54. The van der Waals surface area contributed by atoms with Gasteiger partial charge < -0.3 is 15.2 Å². The van der Waals surface area contributed by atoms with Crippen LogP contribution in [0.15, 0.2) is 24.3 Å². The Balaban J connectivity index is 2.69. The van der Waals surface area contributed by atoms with Crippen LogP contribution in [0, 0.1) is 0 Å². The van der Waals surface area contributed by atoms with Gasteiger partial charge in [0, 0.05) is 0 Å². The summed E-state index contributed by atoms with van der Waals surface area (Å²) in [6.07, 6.45) is 0. The summed E-state index contributed by atoms with van der Waals surface area (Å²) in [5, 5.41) is 12.2. The van der Waals surface area contributed by atoms with Crippen LogP contribution < -0.4 is 5.32 Å². The quantitative estimate of drug-likeness (QED) is 0.565. The molecule has 1 unspecified atom stereocenters. The maximum atomic E-state index is 11.1. The highest BCUT2D eigenvalue weighted by atomic mass is 16.5. The van der Waals surface area contributed by atoms with Crippen molar-refractivity contribution in [3.05, 3.63) is 24.3 Å². The summed E-state index contributed by atoms with van der Waals surface area (Å²) in [4.78, 5) is 11.1. The van der Waals surface area contributed by atoms with Gasteiger partial charge in [0.2, 0.25) is 0 Å². The van der Waals surface area contributed by atoms with Gasteiger partial charge in [-0.1, -0.05) is 12.1 Å². The summed E-state index contributed by atoms with van der Waals surface area (Å²) in [5.41, 5.74) is 0.519. The summed E-state index contributed by atoms with van der Waals surface area (Å²) >= 11 is 0. The molecule has 1 aromatic rings. The standard InChI is InChI=1S/C10H13NO3/c1-7(10(13)14-2)11-8-5-3-4-6-9(8)12/h3-7,11-12H,1-2H3. The van der Waals surface area contributed by atoms with Crippen molar-refractivity contribution in [3.63, 3.8) is 0 Å². The van der Waals surface area contributed by atoms with Crippen molar-refractivity contribution < 1.29 is 14.6 Å². The Hall–Kier alpha value is -1.71. The smallest absolute Gasteiger partial charge is 0.327 e. The molecular formula is C10H13NO3. The van der Waals surface area contributed by atoms with Gasteiger partial charge in [-0.05, 0) is 19.1 Å². The molecule has 0 aliphatic carbocycles. The molecule has 0 fully saturated rings. The van der Waals surface area contributed by atoms with E-state index in [2.05, 4.69) is 10.1 Å². The van der Waals surface area contributed by atoms with Gasteiger partial charge in [-0.15, -0.1) is 0 Å². The van der Waals surface area contributed by atoms with Crippen molar-refractivity contribution in [1.29, 1.82) is 0 Å². The van der Waals surface area contributed by atoms with E-state index in [4.69, 9.17) is 0 Å². The van der Waals surface area contributed by atoms with Gasteiger partial charge in [-0.2, -0.15) is 0 Å². The lowest BCUT2D eigenvalue weighted by Crippen LogP contribution is -2.27. The molecule has 0 spiro atoms. The van der Waals surface area contributed by atoms with Crippen LogP contribution in [0.4, 0.5) is 5.69 Å². The van der Waals surface area contributed by atoms with Crippen LogP contribution in [-0.4, -0.2) is 24.2 Å². The third-order valence-electron chi connectivity index (χ3n) is 1.83. The number of esters is 1.